The zero-order valence-corrected chi connectivity index (χ0v) is 14.8. The summed E-state index contributed by atoms with van der Waals surface area (Å²) in [5.41, 5.74) is 1.05. The Bertz CT molecular complexity index is 643. The molecular formula is C17H26N2O3S. The molecule has 23 heavy (non-hydrogen) atoms. The van der Waals surface area contributed by atoms with E-state index in [0.29, 0.717) is 25.0 Å². The lowest BCUT2D eigenvalue weighted by Crippen LogP contribution is -2.49. The molecule has 0 unspecified atom stereocenters. The number of methoxy groups -OCH3 is 1. The highest BCUT2D eigenvalue weighted by Crippen LogP contribution is 2.20. The molecule has 0 spiro atoms. The Morgan fingerprint density at radius 3 is 2.78 bits per heavy atom. The van der Waals surface area contributed by atoms with Crippen molar-refractivity contribution in [2.24, 2.45) is 5.92 Å². The van der Waals surface area contributed by atoms with E-state index in [0.717, 1.165) is 24.3 Å². The second-order valence-electron chi connectivity index (χ2n) is 6.05. The Morgan fingerprint density at radius 1 is 1.39 bits per heavy atom. The third-order valence-electron chi connectivity index (χ3n) is 4.27. The van der Waals surface area contributed by atoms with Crippen LogP contribution in [0.3, 0.4) is 0 Å². The Balaban J connectivity index is 1.84. The largest absolute Gasteiger partial charge is 0.496 e. The molecule has 1 aromatic rings. The predicted octanol–water partition coefficient (Wildman–Crippen LogP) is 1.97. The first-order valence-electron chi connectivity index (χ1n) is 7.90. The van der Waals surface area contributed by atoms with Gasteiger partial charge in [-0.05, 0) is 18.4 Å². The fraction of sp³-hybridized carbons (Fsp3) is 0.529. The number of para-hydroxylation sites is 1. The van der Waals surface area contributed by atoms with E-state index >= 15 is 0 Å². The number of sulfonamides is 1. The average molecular weight is 338 g/mol. The molecule has 1 saturated heterocycles. The molecule has 128 valence electrons. The molecule has 0 saturated carbocycles. The normalized spacial score (nSPS) is 23.3. The third-order valence-corrected chi connectivity index (χ3v) is 5.54. The van der Waals surface area contributed by atoms with Gasteiger partial charge in [0.15, 0.2) is 0 Å². The summed E-state index contributed by atoms with van der Waals surface area (Å²) in [5.74, 6) is 1.16. The number of ether oxygens (including phenoxy) is 1. The average Bonchev–Trinajstić information content (AvgIpc) is 2.52. The molecule has 0 radical (unpaired) electrons. The highest BCUT2D eigenvalue weighted by atomic mass is 32.2. The van der Waals surface area contributed by atoms with Gasteiger partial charge in [0, 0.05) is 31.2 Å². The van der Waals surface area contributed by atoms with E-state index in [4.69, 9.17) is 4.74 Å². The van der Waals surface area contributed by atoms with Crippen LogP contribution in [0.15, 0.2) is 30.3 Å². The van der Waals surface area contributed by atoms with Crippen molar-refractivity contribution in [3.63, 3.8) is 0 Å². The van der Waals surface area contributed by atoms with Crippen LogP contribution in [0.2, 0.25) is 0 Å². The van der Waals surface area contributed by atoms with Gasteiger partial charge < -0.3 is 10.1 Å². The second kappa shape index (κ2) is 7.95. The summed E-state index contributed by atoms with van der Waals surface area (Å²) >= 11 is 0. The summed E-state index contributed by atoms with van der Waals surface area (Å²) in [6.07, 6.45) is 6.25. The maximum absolute atomic E-state index is 11.6. The van der Waals surface area contributed by atoms with Gasteiger partial charge in [0.2, 0.25) is 10.0 Å². The van der Waals surface area contributed by atoms with Gasteiger partial charge >= 0.3 is 0 Å². The van der Waals surface area contributed by atoms with Crippen LogP contribution in [0.1, 0.15) is 18.9 Å². The van der Waals surface area contributed by atoms with Crippen LogP contribution in [-0.2, 0) is 10.0 Å². The lowest BCUT2D eigenvalue weighted by Gasteiger charge is -2.35. The zero-order valence-electron chi connectivity index (χ0n) is 14.0. The molecule has 5 nitrogen and oxygen atoms in total. The van der Waals surface area contributed by atoms with Gasteiger partial charge in [-0.15, -0.1) is 0 Å². The molecule has 0 bridgehead atoms. The van der Waals surface area contributed by atoms with Crippen LogP contribution in [0, 0.1) is 5.92 Å². The Kier molecular flexibility index (Phi) is 6.21. The van der Waals surface area contributed by atoms with Crippen molar-refractivity contribution in [3.8, 4) is 5.75 Å². The van der Waals surface area contributed by atoms with Crippen LogP contribution in [0.5, 0.6) is 5.75 Å². The topological polar surface area (TPSA) is 58.6 Å². The van der Waals surface area contributed by atoms with Crippen LogP contribution in [0.25, 0.3) is 6.08 Å². The summed E-state index contributed by atoms with van der Waals surface area (Å²) < 4.78 is 30.1. The quantitative estimate of drug-likeness (QED) is 0.861. The van der Waals surface area contributed by atoms with E-state index in [9.17, 15) is 8.42 Å². The molecule has 0 aromatic heterocycles. The Hall–Kier alpha value is -1.37. The number of piperidine rings is 1. The maximum atomic E-state index is 11.6. The van der Waals surface area contributed by atoms with Crippen molar-refractivity contribution in [3.05, 3.63) is 35.9 Å². The van der Waals surface area contributed by atoms with Crippen molar-refractivity contribution >= 4 is 16.1 Å². The minimum atomic E-state index is -3.07. The summed E-state index contributed by atoms with van der Waals surface area (Å²) in [4.78, 5) is 0. The summed E-state index contributed by atoms with van der Waals surface area (Å²) in [5, 5.41) is 3.50. The molecule has 1 heterocycles. The molecule has 2 atom stereocenters. The lowest BCUT2D eigenvalue weighted by molar-refractivity contribution is 0.225. The monoisotopic (exact) mass is 338 g/mol. The number of nitrogens with zero attached hydrogens (tertiary/aromatic N) is 1. The molecule has 1 N–H and O–H groups in total. The van der Waals surface area contributed by atoms with Crippen LogP contribution >= 0.6 is 0 Å². The van der Waals surface area contributed by atoms with E-state index < -0.39 is 10.0 Å². The first kappa shape index (κ1) is 18.0. The number of rotatable bonds is 6. The van der Waals surface area contributed by atoms with Gasteiger partial charge in [0.1, 0.15) is 5.75 Å². The summed E-state index contributed by atoms with van der Waals surface area (Å²) in [6.45, 7) is 4.04. The van der Waals surface area contributed by atoms with E-state index in [1.807, 2.05) is 30.3 Å². The standard InChI is InChI=1S/C17H26N2O3S/c1-14-13-19(23(3,20)21)12-10-16(14)18-11-6-8-15-7-4-5-9-17(15)22-2/h4-9,14,16,18H,10-13H2,1-3H3/b8-6+/t14-,16-/m1/s1. The molecule has 0 amide bonds. The summed E-state index contributed by atoms with van der Waals surface area (Å²) in [6, 6.07) is 8.23. The molecule has 6 heteroatoms. The van der Waals surface area contributed by atoms with E-state index in [1.165, 1.54) is 6.26 Å². The number of nitrogens with one attached hydrogen (secondary N) is 1. The Morgan fingerprint density at radius 2 is 2.13 bits per heavy atom. The van der Waals surface area contributed by atoms with Crippen LogP contribution < -0.4 is 10.1 Å². The zero-order chi connectivity index (χ0) is 16.9. The van der Waals surface area contributed by atoms with Crippen molar-refractivity contribution < 1.29 is 13.2 Å². The molecule has 1 aliphatic rings. The second-order valence-corrected chi connectivity index (χ2v) is 8.03. The fourth-order valence-corrected chi connectivity index (χ4v) is 3.86. The predicted molar refractivity (Wildman–Crippen MR) is 94.0 cm³/mol. The molecular weight excluding hydrogens is 312 g/mol. The van der Waals surface area contributed by atoms with Crippen molar-refractivity contribution in [2.45, 2.75) is 19.4 Å². The highest BCUT2D eigenvalue weighted by molar-refractivity contribution is 7.88. The lowest BCUT2D eigenvalue weighted by atomic mass is 9.95. The number of hydrogen-bond donors (Lipinski definition) is 1. The number of benzene rings is 1. The minimum absolute atomic E-state index is 0.304. The maximum Gasteiger partial charge on any atom is 0.211 e. The third kappa shape index (κ3) is 5.06. The fourth-order valence-electron chi connectivity index (χ4n) is 2.92. The van der Waals surface area contributed by atoms with E-state index in [1.54, 1.807) is 11.4 Å². The Labute approximate surface area is 139 Å². The first-order valence-corrected chi connectivity index (χ1v) is 9.74. The molecule has 0 aliphatic carbocycles. The van der Waals surface area contributed by atoms with E-state index in [-0.39, 0.29) is 0 Å². The van der Waals surface area contributed by atoms with Crippen LogP contribution in [0.4, 0.5) is 0 Å². The minimum Gasteiger partial charge on any atom is -0.496 e. The first-order chi connectivity index (χ1) is 10.9. The van der Waals surface area contributed by atoms with Gasteiger partial charge in [-0.3, -0.25) is 0 Å². The SMILES string of the molecule is COc1ccccc1/C=C/CN[C@@H]1CCN(S(C)(=O)=O)C[C@H]1C. The smallest absolute Gasteiger partial charge is 0.211 e. The molecule has 1 fully saturated rings. The van der Waals surface area contributed by atoms with Gasteiger partial charge in [-0.1, -0.05) is 37.3 Å². The van der Waals surface area contributed by atoms with Crippen molar-refractivity contribution in [1.29, 1.82) is 0 Å². The highest BCUT2D eigenvalue weighted by Gasteiger charge is 2.29. The van der Waals surface area contributed by atoms with Gasteiger partial charge in [-0.2, -0.15) is 0 Å². The summed E-state index contributed by atoms with van der Waals surface area (Å²) in [7, 11) is -1.40. The number of hydrogen-bond acceptors (Lipinski definition) is 4. The van der Waals surface area contributed by atoms with Gasteiger partial charge in [0.05, 0.1) is 13.4 Å². The van der Waals surface area contributed by atoms with Crippen molar-refractivity contribution in [1.82, 2.24) is 9.62 Å². The van der Waals surface area contributed by atoms with E-state index in [2.05, 4.69) is 18.3 Å². The van der Waals surface area contributed by atoms with Gasteiger partial charge in [0.25, 0.3) is 0 Å². The molecule has 2 rings (SSSR count). The van der Waals surface area contributed by atoms with Crippen LogP contribution in [-0.4, -0.2) is 51.8 Å². The molecule has 1 aliphatic heterocycles. The van der Waals surface area contributed by atoms with Gasteiger partial charge in [-0.25, -0.2) is 12.7 Å². The molecule has 1 aromatic carbocycles. The van der Waals surface area contributed by atoms with Crippen molar-refractivity contribution in [2.75, 3.05) is 33.0 Å².